The molecule has 0 bridgehead atoms. The monoisotopic (exact) mass is 264 g/mol. The van der Waals surface area contributed by atoms with E-state index in [1.165, 1.54) is 31.5 Å². The van der Waals surface area contributed by atoms with E-state index in [9.17, 15) is 0 Å². The van der Waals surface area contributed by atoms with Gasteiger partial charge < -0.3 is 10.3 Å². The first-order chi connectivity index (χ1) is 9.17. The van der Waals surface area contributed by atoms with Gasteiger partial charge in [0.25, 0.3) is 0 Å². The minimum atomic E-state index is 0.301. The molecule has 0 amide bonds. The number of aromatic nitrogens is 2. The molecule has 1 aromatic heterocycles. The molecule has 19 heavy (non-hydrogen) atoms. The fraction of sp³-hybridized carbons (Fsp3) is 0.800. The third-order valence-corrected chi connectivity index (χ3v) is 4.38. The zero-order valence-electron chi connectivity index (χ0n) is 12.5. The topological polar surface area (TPSA) is 47.1 Å². The summed E-state index contributed by atoms with van der Waals surface area (Å²) in [5.41, 5.74) is 7.32. The Bertz CT molecular complexity index is 381. The van der Waals surface area contributed by atoms with Crippen molar-refractivity contribution in [3.63, 3.8) is 0 Å². The van der Waals surface area contributed by atoms with Crippen molar-refractivity contribution in [2.24, 2.45) is 11.7 Å². The molecule has 1 unspecified atom stereocenters. The maximum atomic E-state index is 6.06. The van der Waals surface area contributed by atoms with Crippen molar-refractivity contribution in [1.82, 2.24) is 14.5 Å². The van der Waals surface area contributed by atoms with Gasteiger partial charge in [0.15, 0.2) is 0 Å². The van der Waals surface area contributed by atoms with E-state index in [0.717, 1.165) is 12.5 Å². The highest BCUT2D eigenvalue weighted by Crippen LogP contribution is 2.30. The van der Waals surface area contributed by atoms with E-state index in [1.807, 2.05) is 12.5 Å². The number of rotatable bonds is 7. The molecule has 1 heterocycles. The lowest BCUT2D eigenvalue weighted by Gasteiger charge is -2.36. The summed E-state index contributed by atoms with van der Waals surface area (Å²) in [6, 6.07) is 0.740. The van der Waals surface area contributed by atoms with Crippen molar-refractivity contribution in [2.75, 3.05) is 19.6 Å². The summed E-state index contributed by atoms with van der Waals surface area (Å²) in [4.78, 5) is 6.85. The lowest BCUT2D eigenvalue weighted by molar-refractivity contribution is 0.136. The van der Waals surface area contributed by atoms with Crippen LogP contribution in [-0.2, 0) is 0 Å². The first-order valence-electron chi connectivity index (χ1n) is 7.63. The Kier molecular flexibility index (Phi) is 4.99. The Labute approximate surface area is 117 Å². The predicted octanol–water partition coefficient (Wildman–Crippen LogP) is 2.59. The van der Waals surface area contributed by atoms with Gasteiger partial charge in [-0.3, -0.25) is 4.90 Å². The Hall–Kier alpha value is -0.870. The van der Waals surface area contributed by atoms with Gasteiger partial charge in [-0.05, 0) is 39.2 Å². The van der Waals surface area contributed by atoms with Crippen molar-refractivity contribution in [2.45, 2.75) is 52.1 Å². The third-order valence-electron chi connectivity index (χ3n) is 4.38. The summed E-state index contributed by atoms with van der Waals surface area (Å²) in [7, 11) is 0. The van der Waals surface area contributed by atoms with E-state index in [4.69, 9.17) is 5.73 Å². The van der Waals surface area contributed by atoms with E-state index < -0.39 is 0 Å². The minimum Gasteiger partial charge on any atom is -0.331 e. The lowest BCUT2D eigenvalue weighted by Crippen LogP contribution is -2.39. The number of likely N-dealkylation sites (N-methyl/N-ethyl adjacent to an activating group) is 1. The highest BCUT2D eigenvalue weighted by molar-refractivity contribution is 5.08. The third kappa shape index (κ3) is 3.18. The molecule has 0 spiro atoms. The van der Waals surface area contributed by atoms with Crippen LogP contribution in [0.25, 0.3) is 0 Å². The Morgan fingerprint density at radius 1 is 1.47 bits per heavy atom. The van der Waals surface area contributed by atoms with E-state index in [1.54, 1.807) is 0 Å². The molecule has 4 nitrogen and oxygen atoms in total. The van der Waals surface area contributed by atoms with E-state index in [0.29, 0.717) is 18.6 Å². The molecule has 1 aromatic rings. The summed E-state index contributed by atoms with van der Waals surface area (Å²) < 4.78 is 2.25. The largest absolute Gasteiger partial charge is 0.331 e. The van der Waals surface area contributed by atoms with Crippen LogP contribution < -0.4 is 5.73 Å². The maximum absolute atomic E-state index is 6.06. The Morgan fingerprint density at radius 3 is 2.68 bits per heavy atom. The molecular formula is C15H28N4. The van der Waals surface area contributed by atoms with Crippen molar-refractivity contribution >= 4 is 0 Å². The van der Waals surface area contributed by atoms with Gasteiger partial charge in [-0.2, -0.15) is 0 Å². The predicted molar refractivity (Wildman–Crippen MR) is 79.0 cm³/mol. The second-order valence-corrected chi connectivity index (χ2v) is 5.96. The molecule has 4 heteroatoms. The van der Waals surface area contributed by atoms with Crippen LogP contribution in [0, 0.1) is 5.92 Å². The van der Waals surface area contributed by atoms with Gasteiger partial charge in [-0.1, -0.05) is 13.3 Å². The summed E-state index contributed by atoms with van der Waals surface area (Å²) in [6.45, 7) is 9.53. The SMILES string of the molecule is CCN(CC1CCC1)C(CN)c1cncn1C(C)C. The van der Waals surface area contributed by atoms with Gasteiger partial charge in [0, 0.05) is 25.3 Å². The second kappa shape index (κ2) is 6.53. The number of hydrogen-bond acceptors (Lipinski definition) is 3. The number of hydrogen-bond donors (Lipinski definition) is 1. The van der Waals surface area contributed by atoms with E-state index in [2.05, 4.69) is 35.2 Å². The van der Waals surface area contributed by atoms with Crippen molar-refractivity contribution in [3.8, 4) is 0 Å². The fourth-order valence-electron chi connectivity index (χ4n) is 2.95. The van der Waals surface area contributed by atoms with Crippen LogP contribution in [0.3, 0.4) is 0 Å². The van der Waals surface area contributed by atoms with Crippen LogP contribution in [-0.4, -0.2) is 34.1 Å². The molecule has 2 rings (SSSR count). The normalized spacial score (nSPS) is 18.0. The molecular weight excluding hydrogens is 236 g/mol. The first-order valence-corrected chi connectivity index (χ1v) is 7.63. The quantitative estimate of drug-likeness (QED) is 0.823. The molecule has 1 atom stereocenters. The highest BCUT2D eigenvalue weighted by Gasteiger charge is 2.26. The molecule has 1 saturated carbocycles. The standard InChI is InChI=1S/C15H28N4/c1-4-18(10-13-6-5-7-13)14(8-16)15-9-17-11-19(15)12(2)3/h9,11-14H,4-8,10,16H2,1-3H3. The van der Waals surface area contributed by atoms with Crippen molar-refractivity contribution in [3.05, 3.63) is 18.2 Å². The van der Waals surface area contributed by atoms with Crippen LogP contribution in [0.4, 0.5) is 0 Å². The smallest absolute Gasteiger partial charge is 0.0951 e. The average molecular weight is 264 g/mol. The maximum Gasteiger partial charge on any atom is 0.0951 e. The molecule has 1 aliphatic rings. The van der Waals surface area contributed by atoms with Gasteiger partial charge in [-0.15, -0.1) is 0 Å². The van der Waals surface area contributed by atoms with Crippen LogP contribution in [0.1, 0.15) is 57.8 Å². The number of nitrogens with zero attached hydrogens (tertiary/aromatic N) is 3. The molecule has 0 aliphatic heterocycles. The Morgan fingerprint density at radius 2 is 2.21 bits per heavy atom. The Balaban J connectivity index is 2.13. The van der Waals surface area contributed by atoms with E-state index in [-0.39, 0.29) is 0 Å². The lowest BCUT2D eigenvalue weighted by atomic mass is 9.84. The zero-order chi connectivity index (χ0) is 13.8. The van der Waals surface area contributed by atoms with Gasteiger partial charge in [0.05, 0.1) is 18.1 Å². The van der Waals surface area contributed by atoms with Crippen molar-refractivity contribution < 1.29 is 0 Å². The first kappa shape index (κ1) is 14.5. The van der Waals surface area contributed by atoms with Gasteiger partial charge >= 0.3 is 0 Å². The summed E-state index contributed by atoms with van der Waals surface area (Å²) in [5, 5.41) is 0. The molecule has 0 aromatic carbocycles. The van der Waals surface area contributed by atoms with E-state index >= 15 is 0 Å². The fourth-order valence-corrected chi connectivity index (χ4v) is 2.95. The van der Waals surface area contributed by atoms with Gasteiger partial charge in [-0.25, -0.2) is 4.98 Å². The van der Waals surface area contributed by atoms with Crippen LogP contribution >= 0.6 is 0 Å². The zero-order valence-corrected chi connectivity index (χ0v) is 12.5. The summed E-state index contributed by atoms with van der Waals surface area (Å²) in [5.74, 6) is 0.879. The number of imidazole rings is 1. The minimum absolute atomic E-state index is 0.301. The highest BCUT2D eigenvalue weighted by atomic mass is 15.2. The average Bonchev–Trinajstić information content (AvgIpc) is 2.81. The molecule has 1 aliphatic carbocycles. The molecule has 2 N–H and O–H groups in total. The molecule has 1 fully saturated rings. The molecule has 0 saturated heterocycles. The second-order valence-electron chi connectivity index (χ2n) is 5.96. The summed E-state index contributed by atoms with van der Waals surface area (Å²) in [6.07, 6.45) is 8.09. The van der Waals surface area contributed by atoms with Crippen LogP contribution in [0.15, 0.2) is 12.5 Å². The molecule has 108 valence electrons. The summed E-state index contributed by atoms with van der Waals surface area (Å²) >= 11 is 0. The van der Waals surface area contributed by atoms with Crippen molar-refractivity contribution in [1.29, 1.82) is 0 Å². The number of nitrogens with two attached hydrogens (primary N) is 1. The van der Waals surface area contributed by atoms with Gasteiger partial charge in [0.1, 0.15) is 0 Å². The van der Waals surface area contributed by atoms with Crippen LogP contribution in [0.5, 0.6) is 0 Å². The van der Waals surface area contributed by atoms with Crippen LogP contribution in [0.2, 0.25) is 0 Å². The van der Waals surface area contributed by atoms with Gasteiger partial charge in [0.2, 0.25) is 0 Å². The molecule has 0 radical (unpaired) electrons.